The molecule has 2 heterocycles. The topological polar surface area (TPSA) is 102 Å². The molecule has 0 fully saturated rings. The van der Waals surface area contributed by atoms with E-state index in [1.165, 1.54) is 11.3 Å². The standard InChI is InChI=1S/C25H20IN7OS/c1-2-22-30-33(25(35-22)27-24(34)20-9-5-6-10-21(20)26)15-16-11-13-17(14-12-16)18-7-3-4-8-19(18)23-28-31-32-29-23/h3-14H,2,15H2,1H3,(H,28,29,31,32). The average Bonchev–Trinajstić information content (AvgIpc) is 3.55. The fourth-order valence-corrected chi connectivity index (χ4v) is 5.09. The third-order valence-electron chi connectivity index (χ3n) is 5.39. The Labute approximate surface area is 218 Å². The Morgan fingerprint density at radius 3 is 2.49 bits per heavy atom. The van der Waals surface area contributed by atoms with Crippen LogP contribution in [-0.2, 0) is 13.0 Å². The minimum atomic E-state index is -0.260. The van der Waals surface area contributed by atoms with Gasteiger partial charge in [-0.25, -0.2) is 9.78 Å². The van der Waals surface area contributed by atoms with E-state index >= 15 is 0 Å². The van der Waals surface area contributed by atoms with Crippen LogP contribution in [-0.4, -0.2) is 36.3 Å². The number of aryl methyl sites for hydroxylation is 1. The van der Waals surface area contributed by atoms with Crippen LogP contribution < -0.4 is 4.80 Å². The molecule has 0 aliphatic rings. The van der Waals surface area contributed by atoms with Crippen LogP contribution in [0.4, 0.5) is 0 Å². The Balaban J connectivity index is 1.44. The third-order valence-corrected chi connectivity index (χ3v) is 7.42. The Morgan fingerprint density at radius 1 is 1.03 bits per heavy atom. The van der Waals surface area contributed by atoms with E-state index in [1.54, 1.807) is 10.7 Å². The minimum Gasteiger partial charge on any atom is -0.267 e. The number of halogens is 1. The summed E-state index contributed by atoms with van der Waals surface area (Å²) in [5.41, 5.74) is 4.67. The van der Waals surface area contributed by atoms with Gasteiger partial charge in [-0.05, 0) is 68.3 Å². The second kappa shape index (κ2) is 10.4. The number of nitrogens with one attached hydrogen (secondary N) is 1. The first-order chi connectivity index (χ1) is 17.1. The third kappa shape index (κ3) is 5.13. The summed E-state index contributed by atoms with van der Waals surface area (Å²) in [6, 6.07) is 23.7. The summed E-state index contributed by atoms with van der Waals surface area (Å²) in [6.45, 7) is 2.56. The quantitative estimate of drug-likeness (QED) is 0.287. The molecular weight excluding hydrogens is 573 g/mol. The number of aromatic amines is 1. The maximum absolute atomic E-state index is 12.8. The van der Waals surface area contributed by atoms with Crippen LogP contribution in [0.15, 0.2) is 77.8 Å². The first-order valence-electron chi connectivity index (χ1n) is 10.9. The highest BCUT2D eigenvalue weighted by Gasteiger charge is 2.12. The van der Waals surface area contributed by atoms with E-state index in [0.29, 0.717) is 22.7 Å². The van der Waals surface area contributed by atoms with Crippen molar-refractivity contribution in [2.24, 2.45) is 4.99 Å². The molecule has 3 aromatic carbocycles. The number of tetrazole rings is 1. The average molecular weight is 593 g/mol. The van der Waals surface area contributed by atoms with Crippen LogP contribution in [0.2, 0.25) is 0 Å². The van der Waals surface area contributed by atoms with Gasteiger partial charge < -0.3 is 0 Å². The molecule has 0 aliphatic heterocycles. The number of hydrogen-bond donors (Lipinski definition) is 1. The van der Waals surface area contributed by atoms with Crippen molar-refractivity contribution in [2.75, 3.05) is 0 Å². The molecule has 0 unspecified atom stereocenters. The van der Waals surface area contributed by atoms with Crippen molar-refractivity contribution in [1.82, 2.24) is 30.4 Å². The molecule has 5 aromatic rings. The van der Waals surface area contributed by atoms with Gasteiger partial charge in [0.25, 0.3) is 5.91 Å². The van der Waals surface area contributed by atoms with Gasteiger partial charge in [0.2, 0.25) is 4.80 Å². The summed E-state index contributed by atoms with van der Waals surface area (Å²) in [6.07, 6.45) is 0.781. The molecule has 2 aromatic heterocycles. The molecule has 0 aliphatic carbocycles. The summed E-state index contributed by atoms with van der Waals surface area (Å²) in [5, 5.41) is 19.9. The van der Waals surface area contributed by atoms with Crippen LogP contribution in [0, 0.1) is 3.57 Å². The van der Waals surface area contributed by atoms with Crippen molar-refractivity contribution < 1.29 is 4.79 Å². The molecule has 0 bridgehead atoms. The largest absolute Gasteiger partial charge is 0.280 e. The number of carbonyl (C=O) groups excluding carboxylic acids is 1. The molecule has 0 radical (unpaired) electrons. The second-order valence-corrected chi connectivity index (χ2v) is 9.88. The number of hydrogen-bond acceptors (Lipinski definition) is 6. The van der Waals surface area contributed by atoms with Gasteiger partial charge in [0.05, 0.1) is 12.1 Å². The summed E-state index contributed by atoms with van der Waals surface area (Å²) in [4.78, 5) is 17.9. The van der Waals surface area contributed by atoms with Gasteiger partial charge in [-0.1, -0.05) is 78.9 Å². The maximum Gasteiger partial charge on any atom is 0.280 e. The lowest BCUT2D eigenvalue weighted by molar-refractivity contribution is 0.0996. The Kier molecular flexibility index (Phi) is 6.91. The van der Waals surface area contributed by atoms with Gasteiger partial charge in [-0.3, -0.25) is 4.79 Å². The van der Waals surface area contributed by atoms with Gasteiger partial charge in [0, 0.05) is 9.13 Å². The van der Waals surface area contributed by atoms with Crippen molar-refractivity contribution in [1.29, 1.82) is 0 Å². The minimum absolute atomic E-state index is 0.260. The second-order valence-electron chi connectivity index (χ2n) is 7.68. The van der Waals surface area contributed by atoms with Gasteiger partial charge >= 0.3 is 0 Å². The summed E-state index contributed by atoms with van der Waals surface area (Å²) < 4.78 is 2.68. The molecule has 5 rings (SSSR count). The van der Waals surface area contributed by atoms with Gasteiger partial charge in [0.15, 0.2) is 5.82 Å². The molecule has 0 saturated carbocycles. The first-order valence-corrected chi connectivity index (χ1v) is 12.8. The lowest BCUT2D eigenvalue weighted by Crippen LogP contribution is -2.19. The fourth-order valence-electron chi connectivity index (χ4n) is 3.64. The first kappa shape index (κ1) is 23.2. The van der Waals surface area contributed by atoms with Crippen molar-refractivity contribution in [2.45, 2.75) is 19.9 Å². The molecule has 0 atom stereocenters. The molecule has 1 amide bonds. The van der Waals surface area contributed by atoms with Crippen LogP contribution in [0.25, 0.3) is 22.5 Å². The predicted octanol–water partition coefficient (Wildman–Crippen LogP) is 4.75. The lowest BCUT2D eigenvalue weighted by atomic mass is 9.98. The Hall–Kier alpha value is -3.51. The van der Waals surface area contributed by atoms with E-state index in [4.69, 9.17) is 0 Å². The maximum atomic E-state index is 12.8. The highest BCUT2D eigenvalue weighted by Crippen LogP contribution is 2.29. The number of aromatic nitrogens is 6. The molecule has 0 saturated heterocycles. The van der Waals surface area contributed by atoms with Crippen molar-refractivity contribution in [3.8, 4) is 22.5 Å². The molecule has 0 spiro atoms. The number of H-pyrrole nitrogens is 1. The van der Waals surface area contributed by atoms with Gasteiger partial charge in [-0.2, -0.15) is 10.1 Å². The van der Waals surface area contributed by atoms with E-state index in [2.05, 4.69) is 77.6 Å². The van der Waals surface area contributed by atoms with Crippen LogP contribution in [0.5, 0.6) is 0 Å². The van der Waals surface area contributed by atoms with E-state index in [1.807, 2.05) is 49.4 Å². The molecular formula is C25H20IN7OS. The van der Waals surface area contributed by atoms with Crippen LogP contribution in [0.1, 0.15) is 27.9 Å². The van der Waals surface area contributed by atoms with Crippen LogP contribution in [0.3, 0.4) is 0 Å². The smallest absolute Gasteiger partial charge is 0.267 e. The number of benzene rings is 3. The monoisotopic (exact) mass is 593 g/mol. The van der Waals surface area contributed by atoms with Crippen molar-refractivity contribution >= 4 is 39.8 Å². The molecule has 1 N–H and O–H groups in total. The zero-order valence-electron chi connectivity index (χ0n) is 18.7. The number of carbonyl (C=O) groups is 1. The number of rotatable bonds is 6. The van der Waals surface area contributed by atoms with Crippen molar-refractivity contribution in [3.05, 3.63) is 97.3 Å². The summed E-state index contributed by atoms with van der Waals surface area (Å²) in [7, 11) is 0. The summed E-state index contributed by atoms with van der Waals surface area (Å²) in [5.74, 6) is 0.364. The van der Waals surface area contributed by atoms with Crippen LogP contribution >= 0.6 is 33.9 Å². The molecule has 8 nitrogen and oxygen atoms in total. The Morgan fingerprint density at radius 2 is 1.77 bits per heavy atom. The lowest BCUT2D eigenvalue weighted by Gasteiger charge is -2.08. The fraction of sp³-hybridized carbons (Fsp3) is 0.120. The SMILES string of the molecule is CCc1nn(Cc2ccc(-c3ccccc3-c3nnn[nH]3)cc2)c(=NC(=O)c2ccccc2I)s1. The van der Waals surface area contributed by atoms with E-state index in [9.17, 15) is 4.79 Å². The van der Waals surface area contributed by atoms with E-state index in [0.717, 1.165) is 37.3 Å². The van der Waals surface area contributed by atoms with E-state index < -0.39 is 0 Å². The number of amides is 1. The normalized spacial score (nSPS) is 11.7. The van der Waals surface area contributed by atoms with E-state index in [-0.39, 0.29) is 5.91 Å². The number of nitrogens with zero attached hydrogens (tertiary/aromatic N) is 6. The van der Waals surface area contributed by atoms with Gasteiger partial charge in [0.1, 0.15) is 5.01 Å². The molecule has 10 heteroatoms. The zero-order valence-corrected chi connectivity index (χ0v) is 21.7. The molecule has 174 valence electrons. The molecule has 35 heavy (non-hydrogen) atoms. The Bertz CT molecular complexity index is 1540. The van der Waals surface area contributed by atoms with Crippen molar-refractivity contribution in [3.63, 3.8) is 0 Å². The van der Waals surface area contributed by atoms with Gasteiger partial charge in [-0.15, -0.1) is 5.10 Å². The highest BCUT2D eigenvalue weighted by atomic mass is 127. The predicted molar refractivity (Wildman–Crippen MR) is 143 cm³/mol. The highest BCUT2D eigenvalue weighted by molar-refractivity contribution is 14.1. The summed E-state index contributed by atoms with van der Waals surface area (Å²) >= 11 is 3.61. The zero-order chi connectivity index (χ0) is 24.2.